The number of hydrogen-bond acceptors (Lipinski definition) is 3. The fourth-order valence-corrected chi connectivity index (χ4v) is 3.71. The molecule has 3 rings (SSSR count). The standard InChI is InChI=1S/C19H16ClNO2S/c1-12-15(6-3-7-17(12)20)13-4-2-5-14(10-13)16(11-18(22)23)19-21-8-9-24-19/h2-10,16H,11H2,1H3,(H,22,23). The molecule has 24 heavy (non-hydrogen) atoms. The average molecular weight is 358 g/mol. The van der Waals surface area contributed by atoms with Crippen molar-refractivity contribution in [3.8, 4) is 11.1 Å². The molecule has 0 aliphatic carbocycles. The van der Waals surface area contributed by atoms with Gasteiger partial charge in [-0.2, -0.15) is 0 Å². The summed E-state index contributed by atoms with van der Waals surface area (Å²) in [5, 5.41) is 12.7. The number of halogens is 1. The van der Waals surface area contributed by atoms with Gasteiger partial charge in [0.15, 0.2) is 0 Å². The highest BCUT2D eigenvalue weighted by molar-refractivity contribution is 7.09. The molecule has 0 aliphatic heterocycles. The van der Waals surface area contributed by atoms with Gasteiger partial charge in [-0.25, -0.2) is 4.98 Å². The molecule has 3 nitrogen and oxygen atoms in total. The van der Waals surface area contributed by atoms with E-state index in [1.165, 1.54) is 11.3 Å². The van der Waals surface area contributed by atoms with Crippen LogP contribution in [0.25, 0.3) is 11.1 Å². The molecule has 3 aromatic rings. The van der Waals surface area contributed by atoms with Gasteiger partial charge < -0.3 is 5.11 Å². The van der Waals surface area contributed by atoms with Gasteiger partial charge in [0.1, 0.15) is 5.01 Å². The third-order valence-corrected chi connectivity index (χ3v) is 5.29. The molecule has 2 aromatic carbocycles. The number of rotatable bonds is 5. The van der Waals surface area contributed by atoms with Crippen molar-refractivity contribution in [3.63, 3.8) is 0 Å². The summed E-state index contributed by atoms with van der Waals surface area (Å²) in [6, 6.07) is 13.8. The van der Waals surface area contributed by atoms with Crippen LogP contribution in [0, 0.1) is 6.92 Å². The molecule has 5 heteroatoms. The minimum absolute atomic E-state index is 0.0193. The number of nitrogens with zero attached hydrogens (tertiary/aromatic N) is 1. The molecule has 0 bridgehead atoms. The van der Waals surface area contributed by atoms with Crippen LogP contribution in [0.3, 0.4) is 0 Å². The van der Waals surface area contributed by atoms with Crippen LogP contribution in [0.15, 0.2) is 54.0 Å². The molecular weight excluding hydrogens is 342 g/mol. The molecule has 122 valence electrons. The number of carboxylic acids is 1. The van der Waals surface area contributed by atoms with E-state index in [1.807, 2.05) is 54.8 Å². The number of benzene rings is 2. The fraction of sp³-hybridized carbons (Fsp3) is 0.158. The van der Waals surface area contributed by atoms with Crippen LogP contribution in [0.2, 0.25) is 5.02 Å². The number of carboxylic acid groups (broad SMARTS) is 1. The van der Waals surface area contributed by atoms with E-state index in [0.29, 0.717) is 0 Å². The van der Waals surface area contributed by atoms with Gasteiger partial charge in [0.05, 0.1) is 6.42 Å². The van der Waals surface area contributed by atoms with Gasteiger partial charge in [0, 0.05) is 22.5 Å². The summed E-state index contributed by atoms with van der Waals surface area (Å²) in [5.41, 5.74) is 4.04. The molecule has 1 heterocycles. The normalized spacial score (nSPS) is 12.1. The fourth-order valence-electron chi connectivity index (χ4n) is 2.77. The van der Waals surface area contributed by atoms with Crippen molar-refractivity contribution >= 4 is 28.9 Å². The van der Waals surface area contributed by atoms with Crippen LogP contribution in [0.4, 0.5) is 0 Å². The van der Waals surface area contributed by atoms with Crippen LogP contribution < -0.4 is 0 Å². The molecule has 0 fully saturated rings. The number of carbonyl (C=O) groups is 1. The van der Waals surface area contributed by atoms with E-state index in [1.54, 1.807) is 6.20 Å². The highest BCUT2D eigenvalue weighted by Crippen LogP contribution is 2.34. The van der Waals surface area contributed by atoms with E-state index >= 15 is 0 Å². The Morgan fingerprint density at radius 2 is 2.08 bits per heavy atom. The molecule has 0 saturated carbocycles. The van der Waals surface area contributed by atoms with Crippen molar-refractivity contribution in [2.45, 2.75) is 19.3 Å². The summed E-state index contributed by atoms with van der Waals surface area (Å²) in [6.45, 7) is 1.99. The third kappa shape index (κ3) is 3.50. The van der Waals surface area contributed by atoms with Crippen LogP contribution >= 0.6 is 22.9 Å². The lowest BCUT2D eigenvalue weighted by molar-refractivity contribution is -0.137. The predicted molar refractivity (Wildman–Crippen MR) is 97.8 cm³/mol. The molecule has 1 N–H and O–H groups in total. The first kappa shape index (κ1) is 16.7. The van der Waals surface area contributed by atoms with Crippen LogP contribution in [0.5, 0.6) is 0 Å². The summed E-state index contributed by atoms with van der Waals surface area (Å²) in [4.78, 5) is 15.6. The molecule has 0 radical (unpaired) electrons. The van der Waals surface area contributed by atoms with Crippen LogP contribution in [0.1, 0.15) is 28.5 Å². The first-order chi connectivity index (χ1) is 11.6. The monoisotopic (exact) mass is 357 g/mol. The quantitative estimate of drug-likeness (QED) is 0.667. The number of hydrogen-bond donors (Lipinski definition) is 1. The second-order valence-corrected chi connectivity index (χ2v) is 6.89. The van der Waals surface area contributed by atoms with E-state index in [9.17, 15) is 9.90 Å². The first-order valence-electron chi connectivity index (χ1n) is 7.53. The zero-order chi connectivity index (χ0) is 17.1. The summed E-state index contributed by atoms with van der Waals surface area (Å²) in [7, 11) is 0. The van der Waals surface area contributed by atoms with Gasteiger partial charge in [0.25, 0.3) is 0 Å². The van der Waals surface area contributed by atoms with Gasteiger partial charge in [-0.05, 0) is 35.2 Å². The van der Waals surface area contributed by atoms with E-state index in [2.05, 4.69) is 4.98 Å². The highest BCUT2D eigenvalue weighted by Gasteiger charge is 2.21. The lowest BCUT2D eigenvalue weighted by Gasteiger charge is -2.15. The maximum absolute atomic E-state index is 11.3. The number of aromatic nitrogens is 1. The van der Waals surface area contributed by atoms with Crippen molar-refractivity contribution in [2.75, 3.05) is 0 Å². The Hall–Kier alpha value is -2.17. The van der Waals surface area contributed by atoms with Crippen LogP contribution in [-0.4, -0.2) is 16.1 Å². The van der Waals surface area contributed by atoms with Gasteiger partial charge in [-0.3, -0.25) is 4.79 Å². The molecule has 0 spiro atoms. The lowest BCUT2D eigenvalue weighted by atomic mass is 9.92. The maximum atomic E-state index is 11.3. The van der Waals surface area contributed by atoms with E-state index in [-0.39, 0.29) is 12.3 Å². The van der Waals surface area contributed by atoms with Crippen LogP contribution in [-0.2, 0) is 4.79 Å². The van der Waals surface area contributed by atoms with Gasteiger partial charge in [-0.15, -0.1) is 11.3 Å². The maximum Gasteiger partial charge on any atom is 0.304 e. The summed E-state index contributed by atoms with van der Waals surface area (Å²) in [6.07, 6.45) is 1.73. The summed E-state index contributed by atoms with van der Waals surface area (Å²) in [5.74, 6) is -1.08. The molecule has 0 aliphatic rings. The van der Waals surface area contributed by atoms with Crippen molar-refractivity contribution in [1.29, 1.82) is 0 Å². The van der Waals surface area contributed by atoms with Crippen molar-refractivity contribution in [3.05, 3.63) is 75.2 Å². The molecule has 0 amide bonds. The first-order valence-corrected chi connectivity index (χ1v) is 8.78. The van der Waals surface area contributed by atoms with E-state index < -0.39 is 5.97 Å². The van der Waals surface area contributed by atoms with Crippen molar-refractivity contribution in [2.24, 2.45) is 0 Å². The Morgan fingerprint density at radius 1 is 1.29 bits per heavy atom. The Morgan fingerprint density at radius 3 is 2.79 bits per heavy atom. The zero-order valence-corrected chi connectivity index (χ0v) is 14.6. The van der Waals surface area contributed by atoms with Crippen molar-refractivity contribution < 1.29 is 9.90 Å². The summed E-state index contributed by atoms with van der Waals surface area (Å²) < 4.78 is 0. The van der Waals surface area contributed by atoms with Gasteiger partial charge in [-0.1, -0.05) is 48.0 Å². The second-order valence-electron chi connectivity index (χ2n) is 5.56. The lowest BCUT2D eigenvalue weighted by Crippen LogP contribution is -2.07. The zero-order valence-electron chi connectivity index (χ0n) is 13.1. The van der Waals surface area contributed by atoms with E-state index in [4.69, 9.17) is 11.6 Å². The molecule has 1 unspecified atom stereocenters. The molecular formula is C19H16ClNO2S. The SMILES string of the molecule is Cc1c(Cl)cccc1-c1cccc(C(CC(=O)O)c2nccs2)c1. The molecule has 1 aromatic heterocycles. The average Bonchev–Trinajstić information content (AvgIpc) is 3.09. The Bertz CT molecular complexity index is 862. The second kappa shape index (κ2) is 7.16. The smallest absolute Gasteiger partial charge is 0.304 e. The Kier molecular flexibility index (Phi) is 4.97. The van der Waals surface area contributed by atoms with Gasteiger partial charge >= 0.3 is 5.97 Å². The Balaban J connectivity index is 2.05. The third-order valence-electron chi connectivity index (χ3n) is 4.00. The summed E-state index contributed by atoms with van der Waals surface area (Å²) >= 11 is 7.71. The number of thiazole rings is 1. The van der Waals surface area contributed by atoms with E-state index in [0.717, 1.165) is 32.3 Å². The number of aliphatic carboxylic acids is 1. The van der Waals surface area contributed by atoms with Crippen molar-refractivity contribution in [1.82, 2.24) is 4.98 Å². The Labute approximate surface area is 149 Å². The topological polar surface area (TPSA) is 50.2 Å². The highest BCUT2D eigenvalue weighted by atomic mass is 35.5. The molecule has 0 saturated heterocycles. The molecule has 1 atom stereocenters. The predicted octanol–water partition coefficient (Wildman–Crippen LogP) is 5.38. The largest absolute Gasteiger partial charge is 0.481 e. The minimum atomic E-state index is -0.834. The minimum Gasteiger partial charge on any atom is -0.481 e. The van der Waals surface area contributed by atoms with Gasteiger partial charge in [0.2, 0.25) is 0 Å².